The van der Waals surface area contributed by atoms with E-state index in [0.29, 0.717) is 30.4 Å². The van der Waals surface area contributed by atoms with Crippen LogP contribution < -0.4 is 20.1 Å². The minimum Gasteiger partial charge on any atom is -0.486 e. The van der Waals surface area contributed by atoms with Gasteiger partial charge in [-0.25, -0.2) is 0 Å². The molecule has 0 atom stereocenters. The first-order valence-corrected chi connectivity index (χ1v) is 7.11. The van der Waals surface area contributed by atoms with Crippen LogP contribution in [-0.2, 0) is 4.79 Å². The zero-order chi connectivity index (χ0) is 16.1. The molecule has 2 heterocycles. The molecule has 1 aromatic heterocycles. The van der Waals surface area contributed by atoms with Crippen LogP contribution in [0.5, 0.6) is 11.5 Å². The zero-order valence-corrected chi connectivity index (χ0v) is 12.2. The number of rotatable bonds is 4. The summed E-state index contributed by atoms with van der Waals surface area (Å²) in [6.45, 7) is 0.840. The van der Waals surface area contributed by atoms with Crippen LogP contribution in [0.15, 0.2) is 42.6 Å². The minimum absolute atomic E-state index is 0.149. The number of carbonyl (C=O) groups is 2. The van der Waals surface area contributed by atoms with Crippen molar-refractivity contribution in [1.29, 1.82) is 0 Å². The van der Waals surface area contributed by atoms with Crippen molar-refractivity contribution in [2.24, 2.45) is 0 Å². The lowest BCUT2D eigenvalue weighted by atomic mass is 10.2. The molecule has 0 saturated heterocycles. The number of nitrogens with one attached hydrogen (secondary N) is 2. The van der Waals surface area contributed by atoms with Gasteiger partial charge in [-0.1, -0.05) is 6.07 Å². The number of pyridine rings is 1. The molecule has 7 heteroatoms. The van der Waals surface area contributed by atoms with Gasteiger partial charge in [0.2, 0.25) is 5.91 Å². The molecule has 0 unspecified atom stereocenters. The maximum absolute atomic E-state index is 11.9. The molecular weight excluding hydrogens is 298 g/mol. The average Bonchev–Trinajstić information content (AvgIpc) is 2.60. The van der Waals surface area contributed by atoms with Crippen molar-refractivity contribution in [3.8, 4) is 11.5 Å². The topological polar surface area (TPSA) is 89.6 Å². The molecule has 7 nitrogen and oxygen atoms in total. The highest BCUT2D eigenvalue weighted by atomic mass is 16.6. The van der Waals surface area contributed by atoms with Crippen LogP contribution in [0.2, 0.25) is 0 Å². The van der Waals surface area contributed by atoms with Crippen LogP contribution in [0, 0.1) is 0 Å². The Kier molecular flexibility index (Phi) is 4.37. The summed E-state index contributed by atoms with van der Waals surface area (Å²) in [7, 11) is 0. The lowest BCUT2D eigenvalue weighted by Crippen LogP contribution is -2.33. The molecule has 1 aromatic carbocycles. The number of anilines is 1. The number of fused-ring (bicyclic) bond motifs is 1. The summed E-state index contributed by atoms with van der Waals surface area (Å²) in [5.41, 5.74) is 0.839. The van der Waals surface area contributed by atoms with Crippen LogP contribution in [0.4, 0.5) is 5.69 Å². The van der Waals surface area contributed by atoms with Crippen molar-refractivity contribution < 1.29 is 19.1 Å². The monoisotopic (exact) mass is 313 g/mol. The Bertz CT molecular complexity index is 719. The second-order valence-corrected chi connectivity index (χ2v) is 4.80. The molecule has 0 bridgehead atoms. The molecule has 2 N–H and O–H groups in total. The van der Waals surface area contributed by atoms with Crippen molar-refractivity contribution in [2.75, 3.05) is 25.1 Å². The molecule has 118 valence electrons. The van der Waals surface area contributed by atoms with Gasteiger partial charge in [-0.15, -0.1) is 0 Å². The lowest BCUT2D eigenvalue weighted by Gasteiger charge is -2.19. The van der Waals surface area contributed by atoms with Gasteiger partial charge in [-0.3, -0.25) is 14.6 Å². The Morgan fingerprint density at radius 2 is 1.91 bits per heavy atom. The molecule has 2 aromatic rings. The van der Waals surface area contributed by atoms with Gasteiger partial charge in [0.25, 0.3) is 5.91 Å². The van der Waals surface area contributed by atoms with E-state index in [1.807, 2.05) is 0 Å². The quantitative estimate of drug-likeness (QED) is 0.886. The fourth-order valence-corrected chi connectivity index (χ4v) is 2.07. The van der Waals surface area contributed by atoms with E-state index in [-0.39, 0.29) is 18.1 Å². The Morgan fingerprint density at radius 1 is 1.09 bits per heavy atom. The van der Waals surface area contributed by atoms with Crippen molar-refractivity contribution in [3.63, 3.8) is 0 Å². The number of aromatic nitrogens is 1. The number of benzene rings is 1. The SMILES string of the molecule is O=C(CNC(=O)c1ccccn1)Nc1ccc2c(c1)OCCO2. The number of carbonyl (C=O) groups excluding carboxylic acids is 2. The number of amides is 2. The molecule has 1 aliphatic rings. The van der Waals surface area contributed by atoms with Crippen LogP contribution in [0.3, 0.4) is 0 Å². The first kappa shape index (κ1) is 14.8. The number of nitrogens with zero attached hydrogens (tertiary/aromatic N) is 1. The largest absolute Gasteiger partial charge is 0.486 e. The van der Waals surface area contributed by atoms with Crippen LogP contribution >= 0.6 is 0 Å². The molecular formula is C16H15N3O4. The summed E-state index contributed by atoms with van der Waals surface area (Å²) in [4.78, 5) is 27.6. The van der Waals surface area contributed by atoms with E-state index in [1.165, 1.54) is 6.20 Å². The third kappa shape index (κ3) is 3.76. The van der Waals surface area contributed by atoms with Gasteiger partial charge in [0.05, 0.1) is 6.54 Å². The highest BCUT2D eigenvalue weighted by Crippen LogP contribution is 2.32. The number of hydrogen-bond donors (Lipinski definition) is 2. The fourth-order valence-electron chi connectivity index (χ4n) is 2.07. The van der Waals surface area contributed by atoms with Gasteiger partial charge in [-0.05, 0) is 24.3 Å². The van der Waals surface area contributed by atoms with Gasteiger partial charge in [0.15, 0.2) is 11.5 Å². The molecule has 0 fully saturated rings. The van der Waals surface area contributed by atoms with E-state index in [2.05, 4.69) is 15.6 Å². The van der Waals surface area contributed by atoms with Gasteiger partial charge in [0.1, 0.15) is 18.9 Å². The van der Waals surface area contributed by atoms with E-state index in [9.17, 15) is 9.59 Å². The summed E-state index contributed by atoms with van der Waals surface area (Å²) in [5, 5.41) is 5.20. The third-order valence-electron chi connectivity index (χ3n) is 3.13. The lowest BCUT2D eigenvalue weighted by molar-refractivity contribution is -0.115. The fraction of sp³-hybridized carbons (Fsp3) is 0.188. The highest BCUT2D eigenvalue weighted by molar-refractivity contribution is 5.98. The molecule has 0 spiro atoms. The summed E-state index contributed by atoms with van der Waals surface area (Å²) in [6, 6.07) is 10.1. The predicted octanol–water partition coefficient (Wildman–Crippen LogP) is 1.22. The van der Waals surface area contributed by atoms with Crippen LogP contribution in [0.1, 0.15) is 10.5 Å². The third-order valence-corrected chi connectivity index (χ3v) is 3.13. The van der Waals surface area contributed by atoms with Gasteiger partial charge < -0.3 is 20.1 Å². The standard InChI is InChI=1S/C16H15N3O4/c20-15(10-18-16(21)12-3-1-2-6-17-12)19-11-4-5-13-14(9-11)23-8-7-22-13/h1-6,9H,7-8,10H2,(H,18,21)(H,19,20). The summed E-state index contributed by atoms with van der Waals surface area (Å²) in [5.74, 6) is 0.498. The molecule has 0 radical (unpaired) electrons. The molecule has 0 saturated carbocycles. The Hall–Kier alpha value is -3.09. The smallest absolute Gasteiger partial charge is 0.270 e. The van der Waals surface area contributed by atoms with E-state index >= 15 is 0 Å². The zero-order valence-electron chi connectivity index (χ0n) is 12.2. The second-order valence-electron chi connectivity index (χ2n) is 4.80. The van der Waals surface area contributed by atoms with E-state index < -0.39 is 5.91 Å². The first-order chi connectivity index (χ1) is 11.2. The van der Waals surface area contributed by atoms with Gasteiger partial charge in [0, 0.05) is 18.0 Å². The molecule has 23 heavy (non-hydrogen) atoms. The maximum atomic E-state index is 11.9. The molecule has 0 aliphatic carbocycles. The van der Waals surface area contributed by atoms with Crippen LogP contribution in [0.25, 0.3) is 0 Å². The summed E-state index contributed by atoms with van der Waals surface area (Å²) < 4.78 is 10.9. The van der Waals surface area contributed by atoms with E-state index in [0.717, 1.165) is 0 Å². The molecule has 2 amide bonds. The Morgan fingerprint density at radius 3 is 2.70 bits per heavy atom. The van der Waals surface area contributed by atoms with Crippen molar-refractivity contribution in [3.05, 3.63) is 48.3 Å². The normalized spacial score (nSPS) is 12.3. The van der Waals surface area contributed by atoms with Gasteiger partial charge >= 0.3 is 0 Å². The van der Waals surface area contributed by atoms with Crippen molar-refractivity contribution >= 4 is 17.5 Å². The second kappa shape index (κ2) is 6.78. The Balaban J connectivity index is 1.54. The molecule has 1 aliphatic heterocycles. The predicted molar refractivity (Wildman–Crippen MR) is 82.6 cm³/mol. The Labute approximate surface area is 132 Å². The van der Waals surface area contributed by atoms with E-state index in [1.54, 1.807) is 36.4 Å². The van der Waals surface area contributed by atoms with Crippen molar-refractivity contribution in [1.82, 2.24) is 10.3 Å². The first-order valence-electron chi connectivity index (χ1n) is 7.11. The van der Waals surface area contributed by atoms with Crippen LogP contribution in [-0.4, -0.2) is 36.6 Å². The minimum atomic E-state index is -0.400. The van der Waals surface area contributed by atoms with Gasteiger partial charge in [-0.2, -0.15) is 0 Å². The summed E-state index contributed by atoms with van der Waals surface area (Å²) >= 11 is 0. The highest BCUT2D eigenvalue weighted by Gasteiger charge is 2.13. The number of ether oxygens (including phenoxy) is 2. The van der Waals surface area contributed by atoms with E-state index in [4.69, 9.17) is 9.47 Å². The van der Waals surface area contributed by atoms with Crippen molar-refractivity contribution in [2.45, 2.75) is 0 Å². The molecule has 3 rings (SSSR count). The summed E-state index contributed by atoms with van der Waals surface area (Å²) in [6.07, 6.45) is 1.52. The average molecular weight is 313 g/mol. The maximum Gasteiger partial charge on any atom is 0.270 e. The number of hydrogen-bond acceptors (Lipinski definition) is 5.